The van der Waals surface area contributed by atoms with Gasteiger partial charge in [0.15, 0.2) is 0 Å². The van der Waals surface area contributed by atoms with Gasteiger partial charge in [0.25, 0.3) is 0 Å². The van der Waals surface area contributed by atoms with Gasteiger partial charge in [-0.15, -0.1) is 11.3 Å². The SMILES string of the molecule is c1ccc(-c2c3ccccc3c(-c3cccc4c3sc3cc(-c5c6ccccc6c(-c6cccc7oc8ccccc8c67)c6ccccc56)ccc34)c3ccccc23)cc1. The topological polar surface area (TPSA) is 13.1 Å². The largest absolute Gasteiger partial charge is 0.456 e. The van der Waals surface area contributed by atoms with Crippen LogP contribution in [0, 0.1) is 0 Å². The summed E-state index contributed by atoms with van der Waals surface area (Å²) in [6, 6.07) is 75.6. The molecule has 0 aliphatic rings. The maximum Gasteiger partial charge on any atom is 0.136 e. The Hall–Kier alpha value is -7.52. The van der Waals surface area contributed by atoms with Crippen LogP contribution in [0.4, 0.5) is 0 Å². The number of fused-ring (bicyclic) bond motifs is 10. The van der Waals surface area contributed by atoms with Gasteiger partial charge in [0, 0.05) is 36.5 Å². The third-order valence-corrected chi connectivity index (χ3v) is 13.9. The van der Waals surface area contributed by atoms with Crippen LogP contribution in [0.15, 0.2) is 211 Å². The van der Waals surface area contributed by atoms with Crippen LogP contribution < -0.4 is 0 Å². The van der Waals surface area contributed by atoms with E-state index in [1.807, 2.05) is 17.4 Å². The molecule has 0 spiro atoms. The smallest absolute Gasteiger partial charge is 0.136 e. The number of rotatable bonds is 4. The van der Waals surface area contributed by atoms with E-state index >= 15 is 0 Å². The van der Waals surface area contributed by atoms with E-state index in [1.165, 1.54) is 108 Å². The second kappa shape index (κ2) is 13.0. The average molecular weight is 779 g/mol. The lowest BCUT2D eigenvalue weighted by Gasteiger charge is -2.18. The monoisotopic (exact) mass is 778 g/mol. The van der Waals surface area contributed by atoms with Crippen LogP contribution in [-0.4, -0.2) is 0 Å². The third-order valence-electron chi connectivity index (χ3n) is 12.7. The molecule has 2 heteroatoms. The zero-order valence-electron chi connectivity index (χ0n) is 32.4. The molecule has 0 saturated carbocycles. The number of para-hydroxylation sites is 1. The maximum atomic E-state index is 6.40. The van der Waals surface area contributed by atoms with Crippen molar-refractivity contribution >= 4 is 96.5 Å². The van der Waals surface area contributed by atoms with E-state index in [9.17, 15) is 0 Å². The Morgan fingerprint density at radius 1 is 0.283 bits per heavy atom. The van der Waals surface area contributed by atoms with Crippen LogP contribution >= 0.6 is 11.3 Å². The lowest BCUT2D eigenvalue weighted by molar-refractivity contribution is 0.669. The van der Waals surface area contributed by atoms with Crippen molar-refractivity contribution in [2.75, 3.05) is 0 Å². The molecule has 0 unspecified atom stereocenters. The Morgan fingerprint density at radius 2 is 0.733 bits per heavy atom. The number of hydrogen-bond acceptors (Lipinski definition) is 2. The predicted octanol–water partition coefficient (Wildman–Crippen LogP) is 17.2. The maximum absolute atomic E-state index is 6.40. The van der Waals surface area contributed by atoms with Crippen molar-refractivity contribution in [3.63, 3.8) is 0 Å². The van der Waals surface area contributed by atoms with E-state index in [1.54, 1.807) is 0 Å². The molecule has 11 aromatic carbocycles. The molecular weight excluding hydrogens is 745 g/mol. The molecule has 0 amide bonds. The van der Waals surface area contributed by atoms with Crippen molar-refractivity contribution < 1.29 is 4.42 Å². The second-order valence-electron chi connectivity index (χ2n) is 15.8. The van der Waals surface area contributed by atoms with Crippen LogP contribution in [0.3, 0.4) is 0 Å². The van der Waals surface area contributed by atoms with Gasteiger partial charge in [-0.25, -0.2) is 0 Å². The van der Waals surface area contributed by atoms with Crippen LogP contribution in [0.5, 0.6) is 0 Å². The summed E-state index contributed by atoms with van der Waals surface area (Å²) in [5.74, 6) is 0. The van der Waals surface area contributed by atoms with Gasteiger partial charge in [-0.2, -0.15) is 0 Å². The van der Waals surface area contributed by atoms with E-state index in [2.05, 4.69) is 200 Å². The highest BCUT2D eigenvalue weighted by Gasteiger charge is 2.22. The molecule has 60 heavy (non-hydrogen) atoms. The van der Waals surface area contributed by atoms with E-state index < -0.39 is 0 Å². The Bertz CT molecular complexity index is 3770. The van der Waals surface area contributed by atoms with Crippen molar-refractivity contribution in [2.24, 2.45) is 0 Å². The van der Waals surface area contributed by atoms with E-state index in [4.69, 9.17) is 4.42 Å². The number of benzene rings is 11. The fraction of sp³-hybridized carbons (Fsp3) is 0. The van der Waals surface area contributed by atoms with Crippen LogP contribution in [-0.2, 0) is 0 Å². The van der Waals surface area contributed by atoms with Gasteiger partial charge in [-0.1, -0.05) is 188 Å². The molecule has 0 aliphatic carbocycles. The summed E-state index contributed by atoms with van der Waals surface area (Å²) >= 11 is 1.91. The third kappa shape index (κ3) is 4.80. The number of furan rings is 1. The molecule has 0 aliphatic heterocycles. The molecule has 0 radical (unpaired) electrons. The highest BCUT2D eigenvalue weighted by molar-refractivity contribution is 7.26. The summed E-state index contributed by atoms with van der Waals surface area (Å²) < 4.78 is 9.01. The first kappa shape index (κ1) is 33.5. The molecule has 0 atom stereocenters. The Labute approximate surface area is 350 Å². The first-order valence-electron chi connectivity index (χ1n) is 20.6. The average Bonchev–Trinajstić information content (AvgIpc) is 3.89. The van der Waals surface area contributed by atoms with Gasteiger partial charge in [0.2, 0.25) is 0 Å². The summed E-state index contributed by atoms with van der Waals surface area (Å²) in [6.45, 7) is 0. The molecule has 278 valence electrons. The van der Waals surface area contributed by atoms with Gasteiger partial charge in [0.1, 0.15) is 11.2 Å². The Kier molecular flexibility index (Phi) is 7.24. The van der Waals surface area contributed by atoms with Gasteiger partial charge in [-0.05, 0) is 100 Å². The summed E-state index contributed by atoms with van der Waals surface area (Å²) in [6.07, 6.45) is 0. The molecule has 0 saturated heterocycles. The molecule has 1 nitrogen and oxygen atoms in total. The number of thiophene rings is 1. The van der Waals surface area contributed by atoms with Gasteiger partial charge < -0.3 is 4.42 Å². The molecule has 2 aromatic heterocycles. The second-order valence-corrected chi connectivity index (χ2v) is 16.9. The van der Waals surface area contributed by atoms with Gasteiger partial charge in [-0.3, -0.25) is 0 Å². The minimum atomic E-state index is 0.911. The minimum absolute atomic E-state index is 0.911. The zero-order valence-corrected chi connectivity index (χ0v) is 33.3. The first-order chi connectivity index (χ1) is 29.8. The van der Waals surface area contributed by atoms with Gasteiger partial charge >= 0.3 is 0 Å². The fourth-order valence-electron chi connectivity index (χ4n) is 10.2. The van der Waals surface area contributed by atoms with Crippen molar-refractivity contribution in [3.05, 3.63) is 206 Å². The lowest BCUT2D eigenvalue weighted by Crippen LogP contribution is -1.91. The molecule has 13 rings (SSSR count). The Morgan fingerprint density at radius 3 is 1.35 bits per heavy atom. The number of hydrogen-bond donors (Lipinski definition) is 0. The summed E-state index contributed by atoms with van der Waals surface area (Å²) in [4.78, 5) is 0. The van der Waals surface area contributed by atoms with Crippen LogP contribution in [0.1, 0.15) is 0 Å². The van der Waals surface area contributed by atoms with E-state index in [0.29, 0.717) is 0 Å². The normalized spacial score (nSPS) is 12.0. The zero-order chi connectivity index (χ0) is 39.3. The van der Waals surface area contributed by atoms with E-state index in [-0.39, 0.29) is 0 Å². The summed E-state index contributed by atoms with van der Waals surface area (Å²) in [7, 11) is 0. The Balaban J connectivity index is 1.06. The van der Waals surface area contributed by atoms with Gasteiger partial charge in [0.05, 0.1) is 0 Å². The highest BCUT2D eigenvalue weighted by atomic mass is 32.1. The molecule has 0 bridgehead atoms. The van der Waals surface area contributed by atoms with E-state index in [0.717, 1.165) is 21.9 Å². The molecule has 13 aromatic rings. The standard InChI is InChI=1S/C58H34OS/c1-2-16-35(17-3-1)53-38-18-4-10-24-44(38)56(45-25-11-5-19-39(45)53)49-29-14-27-46-37-33-32-36(34-52(37)60-58(46)49)54-40-20-6-8-22-42(40)55(43-23-9-7-21-41(43)54)48-28-15-31-51-57(48)47-26-12-13-30-50(47)59-51/h1-34H. The van der Waals surface area contributed by atoms with Crippen molar-refractivity contribution in [2.45, 2.75) is 0 Å². The quantitative estimate of drug-likeness (QED) is 0.162. The molecule has 0 fully saturated rings. The fourth-order valence-corrected chi connectivity index (χ4v) is 11.5. The molecule has 0 N–H and O–H groups in total. The van der Waals surface area contributed by atoms with Crippen molar-refractivity contribution in [1.82, 2.24) is 0 Å². The van der Waals surface area contributed by atoms with Crippen LogP contribution in [0.2, 0.25) is 0 Å². The van der Waals surface area contributed by atoms with Crippen LogP contribution in [0.25, 0.3) is 130 Å². The minimum Gasteiger partial charge on any atom is -0.456 e. The highest BCUT2D eigenvalue weighted by Crippen LogP contribution is 2.50. The summed E-state index contributed by atoms with van der Waals surface area (Å²) in [5, 5.41) is 15.0. The first-order valence-corrected chi connectivity index (χ1v) is 21.4. The molecular formula is C58H34OS. The summed E-state index contributed by atoms with van der Waals surface area (Å²) in [5.41, 5.74) is 11.9. The van der Waals surface area contributed by atoms with Crippen molar-refractivity contribution in [3.8, 4) is 44.5 Å². The molecule has 2 heterocycles. The lowest BCUT2D eigenvalue weighted by atomic mass is 9.85. The predicted molar refractivity (Wildman–Crippen MR) is 258 cm³/mol. The van der Waals surface area contributed by atoms with Crippen molar-refractivity contribution in [1.29, 1.82) is 0 Å².